The van der Waals surface area contributed by atoms with E-state index in [1.165, 1.54) is 11.1 Å². The zero-order chi connectivity index (χ0) is 12.3. The van der Waals surface area contributed by atoms with Crippen molar-refractivity contribution in [3.8, 4) is 0 Å². The zero-order valence-electron chi connectivity index (χ0n) is 9.49. The Bertz CT molecular complexity index is 347. The first-order chi connectivity index (χ1) is 8.45. The molecule has 2 N–H and O–H groups in total. The Kier molecular flexibility index (Phi) is 6.67. The van der Waals surface area contributed by atoms with Crippen molar-refractivity contribution in [3.05, 3.63) is 71.8 Å². The minimum absolute atomic E-state index is 0.676. The normalized spacial score (nSPS) is 9.29. The summed E-state index contributed by atoms with van der Waals surface area (Å²) in [6.07, 6.45) is 0. The van der Waals surface area contributed by atoms with Crippen molar-refractivity contribution in [2.45, 2.75) is 13.2 Å². The van der Waals surface area contributed by atoms with Gasteiger partial charge >= 0.3 is 0 Å². The molecule has 0 aliphatic carbocycles. The summed E-state index contributed by atoms with van der Waals surface area (Å²) >= 11 is 0. The Morgan fingerprint density at radius 2 is 1.00 bits per heavy atom. The van der Waals surface area contributed by atoms with Gasteiger partial charge in [0.15, 0.2) is 0 Å². The Morgan fingerprint density at radius 1 is 0.647 bits per heavy atom. The molecule has 0 atom stereocenters. The van der Waals surface area contributed by atoms with Crippen LogP contribution >= 0.6 is 0 Å². The third-order valence-electron chi connectivity index (χ3n) is 2.22. The van der Waals surface area contributed by atoms with E-state index in [0.717, 1.165) is 0 Å². The average Bonchev–Trinajstić information content (AvgIpc) is 2.43. The highest BCUT2D eigenvalue weighted by Crippen LogP contribution is 2.05. The highest BCUT2D eigenvalue weighted by atomic mass is 17.0. The number of benzene rings is 2. The molecule has 0 aliphatic rings. The van der Waals surface area contributed by atoms with Crippen molar-refractivity contribution in [2.75, 3.05) is 0 Å². The molecule has 90 valence electrons. The summed E-state index contributed by atoms with van der Waals surface area (Å²) in [7, 11) is 0. The first kappa shape index (κ1) is 13.4. The van der Waals surface area contributed by atoms with E-state index in [2.05, 4.69) is 24.3 Å². The zero-order valence-corrected chi connectivity index (χ0v) is 9.49. The van der Waals surface area contributed by atoms with Gasteiger partial charge in [-0.1, -0.05) is 60.7 Å². The molecule has 0 bridgehead atoms. The van der Waals surface area contributed by atoms with E-state index in [-0.39, 0.29) is 0 Å². The standard InChI is InChI=1S/C14H14O.H2O2/c1-3-7-13(8-4-1)11-15-12-14-9-5-2-6-10-14;1-2/h1-10H,11-12H2;1-2H. The third-order valence-corrected chi connectivity index (χ3v) is 2.22. The summed E-state index contributed by atoms with van der Waals surface area (Å²) in [5.41, 5.74) is 2.43. The number of hydrogen-bond acceptors (Lipinski definition) is 3. The van der Waals surface area contributed by atoms with Crippen LogP contribution in [0.2, 0.25) is 0 Å². The van der Waals surface area contributed by atoms with Crippen LogP contribution in [0.5, 0.6) is 0 Å². The lowest BCUT2D eigenvalue weighted by molar-refractivity contribution is -0.176. The summed E-state index contributed by atoms with van der Waals surface area (Å²) in [5.74, 6) is 0. The van der Waals surface area contributed by atoms with E-state index in [9.17, 15) is 0 Å². The summed E-state index contributed by atoms with van der Waals surface area (Å²) in [6, 6.07) is 20.4. The van der Waals surface area contributed by atoms with E-state index >= 15 is 0 Å². The molecule has 0 saturated heterocycles. The molecule has 0 heterocycles. The number of hydrogen-bond donors (Lipinski definition) is 2. The van der Waals surface area contributed by atoms with Crippen molar-refractivity contribution >= 4 is 0 Å². The molecule has 2 aromatic carbocycles. The molecular formula is C14H16O3. The monoisotopic (exact) mass is 232 g/mol. The van der Waals surface area contributed by atoms with Crippen LogP contribution in [0.25, 0.3) is 0 Å². The molecule has 0 spiro atoms. The molecule has 2 rings (SSSR count). The lowest BCUT2D eigenvalue weighted by Gasteiger charge is -2.03. The first-order valence-corrected chi connectivity index (χ1v) is 5.31. The van der Waals surface area contributed by atoms with Crippen LogP contribution in [0.15, 0.2) is 60.7 Å². The molecule has 0 fully saturated rings. The van der Waals surface area contributed by atoms with Crippen LogP contribution < -0.4 is 0 Å². The number of ether oxygens (including phenoxy) is 1. The van der Waals surface area contributed by atoms with E-state index in [1.807, 2.05) is 36.4 Å². The maximum absolute atomic E-state index is 6.00. The molecule has 0 amide bonds. The van der Waals surface area contributed by atoms with Crippen LogP contribution in [0, 0.1) is 0 Å². The molecule has 0 aliphatic heterocycles. The first-order valence-electron chi connectivity index (χ1n) is 5.31. The van der Waals surface area contributed by atoms with Crippen molar-refractivity contribution in [1.29, 1.82) is 0 Å². The van der Waals surface area contributed by atoms with Gasteiger partial charge < -0.3 is 4.74 Å². The predicted molar refractivity (Wildman–Crippen MR) is 66.6 cm³/mol. The van der Waals surface area contributed by atoms with Gasteiger partial charge in [0.05, 0.1) is 13.2 Å². The average molecular weight is 232 g/mol. The molecular weight excluding hydrogens is 216 g/mol. The fourth-order valence-corrected chi connectivity index (χ4v) is 1.44. The Hall–Kier alpha value is -1.68. The second kappa shape index (κ2) is 8.47. The largest absolute Gasteiger partial charge is 0.372 e. The smallest absolute Gasteiger partial charge is 0.0721 e. The molecule has 2 aromatic rings. The van der Waals surface area contributed by atoms with E-state index < -0.39 is 0 Å². The minimum Gasteiger partial charge on any atom is -0.372 e. The molecule has 3 heteroatoms. The summed E-state index contributed by atoms with van der Waals surface area (Å²) in [6.45, 7) is 1.35. The van der Waals surface area contributed by atoms with Crippen LogP contribution in [-0.4, -0.2) is 10.5 Å². The van der Waals surface area contributed by atoms with Crippen LogP contribution in [0.1, 0.15) is 11.1 Å². The van der Waals surface area contributed by atoms with Gasteiger partial charge in [0.25, 0.3) is 0 Å². The van der Waals surface area contributed by atoms with Gasteiger partial charge in [-0.05, 0) is 11.1 Å². The highest BCUT2D eigenvalue weighted by molar-refractivity contribution is 5.15. The second-order valence-corrected chi connectivity index (χ2v) is 3.46. The van der Waals surface area contributed by atoms with E-state index in [4.69, 9.17) is 15.3 Å². The van der Waals surface area contributed by atoms with E-state index in [1.54, 1.807) is 0 Å². The van der Waals surface area contributed by atoms with Gasteiger partial charge in [0.2, 0.25) is 0 Å². The molecule has 0 aromatic heterocycles. The van der Waals surface area contributed by atoms with Gasteiger partial charge in [0, 0.05) is 0 Å². The van der Waals surface area contributed by atoms with Gasteiger partial charge in [-0.15, -0.1) is 0 Å². The van der Waals surface area contributed by atoms with Crippen molar-refractivity contribution in [1.82, 2.24) is 0 Å². The van der Waals surface area contributed by atoms with Crippen molar-refractivity contribution in [3.63, 3.8) is 0 Å². The Balaban J connectivity index is 0.000000686. The van der Waals surface area contributed by atoms with Gasteiger partial charge in [-0.25, -0.2) is 0 Å². The second-order valence-electron chi connectivity index (χ2n) is 3.46. The minimum atomic E-state index is 0.676. The Labute approximate surface area is 101 Å². The van der Waals surface area contributed by atoms with Gasteiger partial charge in [0.1, 0.15) is 0 Å². The predicted octanol–water partition coefficient (Wildman–Crippen LogP) is 3.42. The molecule has 3 nitrogen and oxygen atoms in total. The topological polar surface area (TPSA) is 49.7 Å². The summed E-state index contributed by atoms with van der Waals surface area (Å²) in [5, 5.41) is 12.0. The van der Waals surface area contributed by atoms with Crippen molar-refractivity contribution in [2.24, 2.45) is 0 Å². The lowest BCUT2D eigenvalue weighted by atomic mass is 10.2. The van der Waals surface area contributed by atoms with Crippen molar-refractivity contribution < 1.29 is 15.3 Å². The number of rotatable bonds is 4. The quantitative estimate of drug-likeness (QED) is 0.627. The lowest BCUT2D eigenvalue weighted by Crippen LogP contribution is -1.93. The van der Waals surface area contributed by atoms with Gasteiger partial charge in [-0.2, -0.15) is 0 Å². The summed E-state index contributed by atoms with van der Waals surface area (Å²) < 4.78 is 5.61. The SMILES string of the molecule is OO.c1ccc(COCc2ccccc2)cc1. The highest BCUT2D eigenvalue weighted by Gasteiger charge is 1.93. The fourth-order valence-electron chi connectivity index (χ4n) is 1.44. The third kappa shape index (κ3) is 5.26. The van der Waals surface area contributed by atoms with Crippen LogP contribution in [0.4, 0.5) is 0 Å². The maximum atomic E-state index is 6.00. The van der Waals surface area contributed by atoms with Crippen LogP contribution in [-0.2, 0) is 18.0 Å². The molecule has 17 heavy (non-hydrogen) atoms. The molecule has 0 unspecified atom stereocenters. The molecule has 0 saturated carbocycles. The van der Waals surface area contributed by atoms with E-state index in [0.29, 0.717) is 13.2 Å². The maximum Gasteiger partial charge on any atom is 0.0721 e. The van der Waals surface area contributed by atoms with Gasteiger partial charge in [-0.3, -0.25) is 10.5 Å². The fraction of sp³-hybridized carbons (Fsp3) is 0.143. The Morgan fingerprint density at radius 3 is 1.35 bits per heavy atom. The summed E-state index contributed by atoms with van der Waals surface area (Å²) in [4.78, 5) is 0. The molecule has 0 radical (unpaired) electrons. The van der Waals surface area contributed by atoms with Crippen LogP contribution in [0.3, 0.4) is 0 Å².